The smallest absolute Gasteiger partial charge is 0.122 e. The third-order valence-electron chi connectivity index (χ3n) is 3.17. The van der Waals surface area contributed by atoms with Gasteiger partial charge in [0, 0.05) is 16.8 Å². The van der Waals surface area contributed by atoms with E-state index in [1.807, 2.05) is 36.4 Å². The molecule has 0 aliphatic heterocycles. The molecule has 1 nitrogen and oxygen atoms in total. The van der Waals surface area contributed by atoms with Crippen molar-refractivity contribution >= 4 is 23.2 Å². The maximum absolute atomic E-state index is 6.12. The number of methoxy groups -OCH3 is 1. The van der Waals surface area contributed by atoms with Gasteiger partial charge in [-0.25, -0.2) is 0 Å². The van der Waals surface area contributed by atoms with Crippen LogP contribution in [0.5, 0.6) is 5.75 Å². The zero-order valence-corrected chi connectivity index (χ0v) is 12.3. The lowest BCUT2D eigenvalue weighted by Gasteiger charge is -2.16. The average Bonchev–Trinajstić information content (AvgIpc) is 2.45. The van der Waals surface area contributed by atoms with Gasteiger partial charge in [-0.1, -0.05) is 41.9 Å². The van der Waals surface area contributed by atoms with E-state index in [1.165, 1.54) is 0 Å². The number of hydrogen-bond acceptors (Lipinski definition) is 1. The molecule has 100 valence electrons. The number of alkyl halides is 1. The van der Waals surface area contributed by atoms with Crippen LogP contribution in [0.3, 0.4) is 0 Å². The minimum atomic E-state index is 0.233. The van der Waals surface area contributed by atoms with Crippen LogP contribution in [-0.2, 0) is 6.42 Å². The molecule has 0 aromatic heterocycles. The summed E-state index contributed by atoms with van der Waals surface area (Å²) < 4.78 is 5.38. The molecule has 0 saturated heterocycles. The normalized spacial score (nSPS) is 12.2. The van der Waals surface area contributed by atoms with Gasteiger partial charge in [-0.05, 0) is 35.7 Å². The van der Waals surface area contributed by atoms with Crippen molar-refractivity contribution in [1.82, 2.24) is 0 Å². The Morgan fingerprint density at radius 1 is 1.11 bits per heavy atom. The SMILES string of the molecule is COc1ccccc1CC(CCl)c1cccc(Cl)c1. The van der Waals surface area contributed by atoms with E-state index < -0.39 is 0 Å². The van der Waals surface area contributed by atoms with Crippen LogP contribution in [0.25, 0.3) is 0 Å². The molecule has 19 heavy (non-hydrogen) atoms. The lowest BCUT2D eigenvalue weighted by Crippen LogP contribution is -2.06. The second-order valence-electron chi connectivity index (χ2n) is 4.42. The topological polar surface area (TPSA) is 9.23 Å². The number of hydrogen-bond donors (Lipinski definition) is 0. The Kier molecular flexibility index (Phi) is 5.12. The number of halogens is 2. The Morgan fingerprint density at radius 3 is 2.58 bits per heavy atom. The molecule has 0 saturated carbocycles. The summed E-state index contributed by atoms with van der Waals surface area (Å²) in [5, 5.41) is 0.743. The first-order valence-electron chi connectivity index (χ1n) is 6.18. The quantitative estimate of drug-likeness (QED) is 0.712. The van der Waals surface area contributed by atoms with Crippen molar-refractivity contribution in [2.24, 2.45) is 0 Å². The highest BCUT2D eigenvalue weighted by Crippen LogP contribution is 2.28. The minimum absolute atomic E-state index is 0.233. The zero-order chi connectivity index (χ0) is 13.7. The Bertz CT molecular complexity index is 540. The Balaban J connectivity index is 2.24. The molecule has 0 N–H and O–H groups in total. The van der Waals surface area contributed by atoms with Gasteiger partial charge in [-0.15, -0.1) is 11.6 Å². The van der Waals surface area contributed by atoms with Crippen LogP contribution in [0.4, 0.5) is 0 Å². The second kappa shape index (κ2) is 6.83. The molecular weight excluding hydrogens is 279 g/mol. The van der Waals surface area contributed by atoms with Crippen molar-refractivity contribution in [2.45, 2.75) is 12.3 Å². The van der Waals surface area contributed by atoms with Crippen molar-refractivity contribution in [3.63, 3.8) is 0 Å². The van der Waals surface area contributed by atoms with Gasteiger partial charge in [0.1, 0.15) is 5.75 Å². The summed E-state index contributed by atoms with van der Waals surface area (Å²) in [6.07, 6.45) is 0.841. The van der Waals surface area contributed by atoms with E-state index in [0.29, 0.717) is 5.88 Å². The van der Waals surface area contributed by atoms with E-state index in [4.69, 9.17) is 27.9 Å². The fourth-order valence-electron chi connectivity index (χ4n) is 2.16. The van der Waals surface area contributed by atoms with Crippen LogP contribution < -0.4 is 4.74 Å². The minimum Gasteiger partial charge on any atom is -0.496 e. The van der Waals surface area contributed by atoms with Gasteiger partial charge in [-0.3, -0.25) is 0 Å². The van der Waals surface area contributed by atoms with Crippen molar-refractivity contribution in [3.8, 4) is 5.75 Å². The fourth-order valence-corrected chi connectivity index (χ4v) is 2.65. The van der Waals surface area contributed by atoms with Crippen molar-refractivity contribution in [2.75, 3.05) is 13.0 Å². The summed E-state index contributed by atoms with van der Waals surface area (Å²) in [7, 11) is 1.69. The summed E-state index contributed by atoms with van der Waals surface area (Å²) in [4.78, 5) is 0. The van der Waals surface area contributed by atoms with E-state index in [0.717, 1.165) is 28.3 Å². The molecule has 0 aliphatic carbocycles. The third kappa shape index (κ3) is 3.65. The maximum Gasteiger partial charge on any atom is 0.122 e. The Morgan fingerprint density at radius 2 is 1.89 bits per heavy atom. The van der Waals surface area contributed by atoms with Crippen LogP contribution in [-0.4, -0.2) is 13.0 Å². The first kappa shape index (κ1) is 14.2. The molecule has 0 fully saturated rings. The molecule has 2 aromatic rings. The second-order valence-corrected chi connectivity index (χ2v) is 5.17. The van der Waals surface area contributed by atoms with Gasteiger partial charge >= 0.3 is 0 Å². The number of para-hydroxylation sites is 1. The summed E-state index contributed by atoms with van der Waals surface area (Å²) in [6.45, 7) is 0. The van der Waals surface area contributed by atoms with Crippen LogP contribution in [0.15, 0.2) is 48.5 Å². The van der Waals surface area contributed by atoms with E-state index in [1.54, 1.807) is 7.11 Å². The van der Waals surface area contributed by atoms with Gasteiger partial charge in [0.05, 0.1) is 7.11 Å². The van der Waals surface area contributed by atoms with E-state index in [2.05, 4.69) is 12.1 Å². The highest BCUT2D eigenvalue weighted by atomic mass is 35.5. The molecule has 1 unspecified atom stereocenters. The highest BCUT2D eigenvalue weighted by molar-refractivity contribution is 6.30. The van der Waals surface area contributed by atoms with E-state index in [-0.39, 0.29) is 5.92 Å². The lowest BCUT2D eigenvalue weighted by atomic mass is 9.93. The molecular formula is C16H16Cl2O. The van der Waals surface area contributed by atoms with Gasteiger partial charge in [-0.2, -0.15) is 0 Å². The summed E-state index contributed by atoms with van der Waals surface area (Å²) in [5.74, 6) is 1.69. The molecule has 1 atom stereocenters. The monoisotopic (exact) mass is 294 g/mol. The van der Waals surface area contributed by atoms with Crippen LogP contribution in [0.1, 0.15) is 17.0 Å². The first-order chi connectivity index (χ1) is 9.24. The van der Waals surface area contributed by atoms with Crippen molar-refractivity contribution in [1.29, 1.82) is 0 Å². The molecule has 2 rings (SSSR count). The van der Waals surface area contributed by atoms with Gasteiger partial charge < -0.3 is 4.74 Å². The third-order valence-corrected chi connectivity index (χ3v) is 3.77. The maximum atomic E-state index is 6.12. The number of benzene rings is 2. The molecule has 2 aromatic carbocycles. The van der Waals surface area contributed by atoms with E-state index >= 15 is 0 Å². The van der Waals surface area contributed by atoms with Gasteiger partial charge in [0.15, 0.2) is 0 Å². The molecule has 3 heteroatoms. The highest BCUT2D eigenvalue weighted by Gasteiger charge is 2.14. The van der Waals surface area contributed by atoms with Gasteiger partial charge in [0.2, 0.25) is 0 Å². The van der Waals surface area contributed by atoms with E-state index in [9.17, 15) is 0 Å². The molecule has 0 heterocycles. The summed E-state index contributed by atoms with van der Waals surface area (Å²) in [6, 6.07) is 15.9. The van der Waals surface area contributed by atoms with Crippen LogP contribution in [0, 0.1) is 0 Å². The largest absolute Gasteiger partial charge is 0.496 e. The molecule has 0 radical (unpaired) electrons. The molecule has 0 amide bonds. The fraction of sp³-hybridized carbons (Fsp3) is 0.250. The Hall–Kier alpha value is -1.18. The number of ether oxygens (including phenoxy) is 1. The standard InChI is InChI=1S/C16H16Cl2O/c1-19-16-8-3-2-5-13(16)9-14(11-17)12-6-4-7-15(18)10-12/h2-8,10,14H,9,11H2,1H3. The van der Waals surface area contributed by atoms with Crippen LogP contribution in [0.2, 0.25) is 5.02 Å². The predicted molar refractivity (Wildman–Crippen MR) is 81.6 cm³/mol. The van der Waals surface area contributed by atoms with Crippen LogP contribution >= 0.6 is 23.2 Å². The number of rotatable bonds is 5. The van der Waals surface area contributed by atoms with Crippen molar-refractivity contribution in [3.05, 3.63) is 64.7 Å². The average molecular weight is 295 g/mol. The molecule has 0 aliphatic rings. The summed E-state index contributed by atoms with van der Waals surface area (Å²) >= 11 is 12.2. The first-order valence-corrected chi connectivity index (χ1v) is 7.09. The zero-order valence-electron chi connectivity index (χ0n) is 10.8. The molecule has 0 spiro atoms. The van der Waals surface area contributed by atoms with Crippen molar-refractivity contribution < 1.29 is 4.74 Å². The summed E-state index contributed by atoms with van der Waals surface area (Å²) in [5.41, 5.74) is 2.32. The molecule has 0 bridgehead atoms. The lowest BCUT2D eigenvalue weighted by molar-refractivity contribution is 0.408. The Labute approximate surface area is 124 Å². The van der Waals surface area contributed by atoms with Gasteiger partial charge in [0.25, 0.3) is 0 Å². The predicted octanol–water partition coefficient (Wildman–Crippen LogP) is 4.91.